The van der Waals surface area contributed by atoms with Crippen LogP contribution in [0.4, 0.5) is 0 Å². The summed E-state index contributed by atoms with van der Waals surface area (Å²) in [7, 11) is 0. The molecular weight excluding hydrogens is 492 g/mol. The fraction of sp³-hybridized carbons (Fsp3) is 0.500. The van der Waals surface area contributed by atoms with Gasteiger partial charge in [0.25, 0.3) is 0 Å². The van der Waals surface area contributed by atoms with Gasteiger partial charge in [0.05, 0.1) is 11.4 Å². The molecule has 0 saturated carbocycles. The van der Waals surface area contributed by atoms with Crippen molar-refractivity contribution in [2.24, 2.45) is 5.92 Å². The topological polar surface area (TPSA) is 105 Å². The Hall–Kier alpha value is -3.48. The van der Waals surface area contributed by atoms with E-state index in [0.29, 0.717) is 36.6 Å². The quantitative estimate of drug-likeness (QED) is 0.361. The molecule has 0 unspecified atom stereocenters. The molecule has 1 aromatic carbocycles. The smallest absolute Gasteiger partial charge is 0.223 e. The van der Waals surface area contributed by atoms with Gasteiger partial charge in [-0.1, -0.05) is 67.5 Å². The number of nitrogens with zero attached hydrogens (tertiary/aromatic N) is 2. The summed E-state index contributed by atoms with van der Waals surface area (Å²) in [4.78, 5) is 23.8. The Kier molecular flexibility index (Phi) is 9.88. The number of pyridine rings is 2. The summed E-state index contributed by atoms with van der Waals surface area (Å²) in [6, 6.07) is 6.82. The van der Waals surface area contributed by atoms with Crippen LogP contribution in [0.3, 0.4) is 0 Å². The first-order chi connectivity index (χ1) is 18.0. The van der Waals surface area contributed by atoms with Crippen LogP contribution >= 0.6 is 0 Å². The van der Waals surface area contributed by atoms with E-state index in [2.05, 4.69) is 53.7 Å². The zero-order valence-corrected chi connectivity index (χ0v) is 25.2. The van der Waals surface area contributed by atoms with E-state index in [1.807, 2.05) is 23.0 Å². The van der Waals surface area contributed by atoms with Crippen LogP contribution in [0.2, 0.25) is 0 Å². The van der Waals surface area contributed by atoms with Gasteiger partial charge < -0.3 is 24.5 Å². The first-order valence-electron chi connectivity index (χ1n) is 13.7. The molecule has 2 aromatic heterocycles. The van der Waals surface area contributed by atoms with Gasteiger partial charge in [-0.2, -0.15) is 0 Å². The molecule has 214 valence electrons. The number of rotatable bonds is 6. The Morgan fingerprint density at radius 3 is 1.38 bits per heavy atom. The minimum atomic E-state index is -0.422. The van der Waals surface area contributed by atoms with Gasteiger partial charge in [0.1, 0.15) is 5.75 Å². The van der Waals surface area contributed by atoms with E-state index in [-0.39, 0.29) is 28.2 Å². The maximum Gasteiger partial charge on any atom is 0.223 e. The normalized spacial score (nSPS) is 11.9. The average Bonchev–Trinajstić information content (AvgIpc) is 2.85. The van der Waals surface area contributed by atoms with E-state index in [0.717, 1.165) is 16.7 Å². The summed E-state index contributed by atoms with van der Waals surface area (Å²) in [6.07, 6.45) is 3.99. The molecule has 0 fully saturated rings. The summed E-state index contributed by atoms with van der Waals surface area (Å²) >= 11 is 0. The molecule has 0 saturated heterocycles. The Labute approximate surface area is 232 Å². The molecule has 39 heavy (non-hydrogen) atoms. The second-order valence-corrected chi connectivity index (χ2v) is 12.1. The van der Waals surface area contributed by atoms with Crippen LogP contribution in [0.25, 0.3) is 0 Å². The van der Waals surface area contributed by atoms with Crippen molar-refractivity contribution in [1.29, 1.82) is 0 Å². The zero-order valence-electron chi connectivity index (χ0n) is 25.2. The Morgan fingerprint density at radius 2 is 1.05 bits per heavy atom. The maximum atomic E-state index is 11.9. The molecule has 0 radical (unpaired) electrons. The first-order valence-corrected chi connectivity index (χ1v) is 13.7. The van der Waals surface area contributed by atoms with E-state index in [4.69, 9.17) is 0 Å². The third kappa shape index (κ3) is 7.34. The van der Waals surface area contributed by atoms with Crippen molar-refractivity contribution in [3.8, 4) is 17.2 Å². The van der Waals surface area contributed by atoms with E-state index >= 15 is 0 Å². The second-order valence-electron chi connectivity index (χ2n) is 12.1. The van der Waals surface area contributed by atoms with Crippen molar-refractivity contribution in [2.75, 3.05) is 0 Å². The van der Waals surface area contributed by atoms with E-state index in [1.54, 1.807) is 26.2 Å². The van der Waals surface area contributed by atoms with Crippen LogP contribution in [0.15, 0.2) is 46.2 Å². The first kappa shape index (κ1) is 31.7. The minimum absolute atomic E-state index is 0.0358. The van der Waals surface area contributed by atoms with E-state index < -0.39 is 10.9 Å². The molecule has 2 heterocycles. The molecule has 0 amide bonds. The number of benzene rings is 1. The highest BCUT2D eigenvalue weighted by Crippen LogP contribution is 2.40. The lowest BCUT2D eigenvalue weighted by Gasteiger charge is -2.29. The number of hydrogen-bond acceptors (Lipinski definition) is 5. The Balaban J connectivity index is 0.00000260. The monoisotopic (exact) mass is 538 g/mol. The van der Waals surface area contributed by atoms with Crippen LogP contribution in [0.5, 0.6) is 17.2 Å². The second kappa shape index (κ2) is 12.1. The van der Waals surface area contributed by atoms with Crippen LogP contribution in [0, 0.1) is 19.8 Å². The third-order valence-electron chi connectivity index (χ3n) is 7.05. The lowest BCUT2D eigenvalue weighted by atomic mass is 9.77. The molecular formula is C32H46N2O5. The van der Waals surface area contributed by atoms with Gasteiger partial charge >= 0.3 is 0 Å². The van der Waals surface area contributed by atoms with Gasteiger partial charge in [0.15, 0.2) is 11.5 Å². The lowest BCUT2D eigenvalue weighted by molar-refractivity contribution is 0.360. The summed E-state index contributed by atoms with van der Waals surface area (Å²) in [5.74, 6) is -0.254. The standard InChI is InChI=1S/C30H40N2O5.C2H6/c1-18-26(35)24(33)9-11-31(18)16-21(17-32-12-10-25(34)27(36)19(32)2)13-20-14-22(29(3,4)5)28(37)23(15-20)30(6,7)8;1-2/h9-12,14-15,21,35-37H,13,16-17H2,1-8H3;1-2H3. The van der Waals surface area contributed by atoms with Crippen LogP contribution in [0.1, 0.15) is 83.5 Å². The maximum absolute atomic E-state index is 11.9. The molecule has 0 aliphatic heterocycles. The Bertz CT molecular complexity index is 1320. The van der Waals surface area contributed by atoms with Gasteiger partial charge in [0, 0.05) is 37.6 Å². The molecule has 3 N–H and O–H groups in total. The van der Waals surface area contributed by atoms with Gasteiger partial charge in [-0.25, -0.2) is 0 Å². The van der Waals surface area contributed by atoms with Gasteiger partial charge in [-0.15, -0.1) is 0 Å². The van der Waals surface area contributed by atoms with Crippen molar-refractivity contribution in [3.63, 3.8) is 0 Å². The summed E-state index contributed by atoms with van der Waals surface area (Å²) in [6.45, 7) is 20.9. The number of aromatic hydroxyl groups is 3. The lowest BCUT2D eigenvalue weighted by Crippen LogP contribution is -2.24. The molecule has 7 heteroatoms. The molecule has 7 nitrogen and oxygen atoms in total. The summed E-state index contributed by atoms with van der Waals surface area (Å²) < 4.78 is 3.71. The number of aromatic nitrogens is 2. The summed E-state index contributed by atoms with van der Waals surface area (Å²) in [5, 5.41) is 31.6. The van der Waals surface area contributed by atoms with E-state index in [1.165, 1.54) is 12.1 Å². The van der Waals surface area contributed by atoms with Crippen LogP contribution in [-0.2, 0) is 30.3 Å². The average molecular weight is 539 g/mol. The van der Waals surface area contributed by atoms with Crippen LogP contribution in [-0.4, -0.2) is 24.5 Å². The van der Waals surface area contributed by atoms with E-state index in [9.17, 15) is 24.9 Å². The van der Waals surface area contributed by atoms with Crippen LogP contribution < -0.4 is 10.9 Å². The molecule has 3 rings (SSSR count). The predicted molar refractivity (Wildman–Crippen MR) is 158 cm³/mol. The fourth-order valence-corrected chi connectivity index (χ4v) is 4.75. The SMILES string of the molecule is CC.Cc1c(O)c(=O)ccn1CC(Cc1cc(C(C)(C)C)c(O)c(C(C)(C)C)c1)Cn1ccc(=O)c(O)c1C. The van der Waals surface area contributed by atoms with Crippen molar-refractivity contribution in [1.82, 2.24) is 9.13 Å². The number of hydrogen-bond donors (Lipinski definition) is 3. The Morgan fingerprint density at radius 1 is 0.692 bits per heavy atom. The zero-order chi connectivity index (χ0) is 29.9. The van der Waals surface area contributed by atoms with Gasteiger partial charge in [-0.3, -0.25) is 9.59 Å². The highest BCUT2D eigenvalue weighted by molar-refractivity contribution is 5.50. The minimum Gasteiger partial charge on any atom is -0.507 e. The van der Waals surface area contributed by atoms with Gasteiger partial charge in [-0.05, 0) is 53.7 Å². The molecule has 0 atom stereocenters. The van der Waals surface area contributed by atoms with Crippen molar-refractivity contribution >= 4 is 0 Å². The van der Waals surface area contributed by atoms with Crippen molar-refractivity contribution in [2.45, 2.75) is 99.6 Å². The number of phenols is 1. The molecule has 3 aromatic rings. The number of phenolic OH excluding ortho intramolecular Hbond substituents is 1. The summed E-state index contributed by atoms with van der Waals surface area (Å²) in [5.41, 5.74) is 2.40. The molecule has 0 aliphatic rings. The molecule has 0 bridgehead atoms. The fourth-order valence-electron chi connectivity index (χ4n) is 4.75. The largest absolute Gasteiger partial charge is 0.507 e. The predicted octanol–water partition coefficient (Wildman–Crippen LogP) is 5.92. The highest BCUT2D eigenvalue weighted by atomic mass is 16.3. The molecule has 0 spiro atoms. The molecule has 0 aliphatic carbocycles. The van der Waals surface area contributed by atoms with Crippen molar-refractivity contribution in [3.05, 3.63) is 85.2 Å². The highest BCUT2D eigenvalue weighted by Gasteiger charge is 2.27. The van der Waals surface area contributed by atoms with Gasteiger partial charge in [0.2, 0.25) is 10.9 Å². The van der Waals surface area contributed by atoms with Crippen molar-refractivity contribution < 1.29 is 15.3 Å². The third-order valence-corrected chi connectivity index (χ3v) is 7.05.